The Morgan fingerprint density at radius 1 is 1.12 bits per heavy atom. The average Bonchev–Trinajstić information content (AvgIpc) is 2.38. The Morgan fingerprint density at radius 2 is 1.88 bits per heavy atom. The standard InChI is InChI=1S/C16H15N/c1-13-5-9-16(10-6-13)14(2)7-8-15-4-3-11-17-12-15/h3-6,9-12,14H,1-2H3/t14-/m1/s1. The number of rotatable bonds is 1. The second-order valence-corrected chi connectivity index (χ2v) is 4.14. The quantitative estimate of drug-likeness (QED) is 0.671. The van der Waals surface area contributed by atoms with Crippen LogP contribution in [0.15, 0.2) is 48.8 Å². The molecule has 0 aliphatic carbocycles. The molecule has 0 radical (unpaired) electrons. The molecule has 0 amide bonds. The Labute approximate surface area is 103 Å². The normalized spacial score (nSPS) is 11.4. The second kappa shape index (κ2) is 5.32. The fraction of sp³-hybridized carbons (Fsp3) is 0.188. The molecule has 1 atom stereocenters. The fourth-order valence-electron chi connectivity index (χ4n) is 1.57. The number of aromatic nitrogens is 1. The highest BCUT2D eigenvalue weighted by molar-refractivity contribution is 5.36. The van der Waals surface area contributed by atoms with Crippen LogP contribution in [0.25, 0.3) is 0 Å². The molecule has 0 aliphatic rings. The van der Waals surface area contributed by atoms with E-state index in [1.807, 2.05) is 12.1 Å². The van der Waals surface area contributed by atoms with Gasteiger partial charge in [-0.3, -0.25) is 4.98 Å². The van der Waals surface area contributed by atoms with Crippen molar-refractivity contribution >= 4 is 0 Å². The predicted octanol–water partition coefficient (Wildman–Crippen LogP) is 3.55. The van der Waals surface area contributed by atoms with Crippen molar-refractivity contribution in [1.29, 1.82) is 0 Å². The molecule has 1 heteroatoms. The minimum Gasteiger partial charge on any atom is -0.263 e. The van der Waals surface area contributed by atoms with E-state index in [0.717, 1.165) is 5.56 Å². The first kappa shape index (κ1) is 11.4. The molecular formula is C16H15N. The topological polar surface area (TPSA) is 12.9 Å². The maximum Gasteiger partial charge on any atom is 0.0428 e. The SMILES string of the molecule is Cc1ccc([C@H](C)C#Cc2cccnc2)cc1. The second-order valence-electron chi connectivity index (χ2n) is 4.14. The lowest BCUT2D eigenvalue weighted by Crippen LogP contribution is -1.89. The van der Waals surface area contributed by atoms with E-state index in [4.69, 9.17) is 0 Å². The minimum absolute atomic E-state index is 0.246. The molecule has 1 nitrogen and oxygen atoms in total. The fourth-order valence-corrected chi connectivity index (χ4v) is 1.57. The van der Waals surface area contributed by atoms with E-state index >= 15 is 0 Å². The monoisotopic (exact) mass is 221 g/mol. The number of hydrogen-bond acceptors (Lipinski definition) is 1. The maximum atomic E-state index is 4.04. The summed E-state index contributed by atoms with van der Waals surface area (Å²) in [5, 5.41) is 0. The highest BCUT2D eigenvalue weighted by atomic mass is 14.6. The first-order valence-electron chi connectivity index (χ1n) is 5.74. The lowest BCUT2D eigenvalue weighted by molar-refractivity contribution is 1.00. The van der Waals surface area contributed by atoms with Crippen LogP contribution in [0.2, 0.25) is 0 Å². The molecule has 84 valence electrons. The molecule has 0 N–H and O–H groups in total. The van der Waals surface area contributed by atoms with Gasteiger partial charge in [0, 0.05) is 23.9 Å². The van der Waals surface area contributed by atoms with Crippen LogP contribution in [0.1, 0.15) is 29.5 Å². The molecule has 2 rings (SSSR count). The van der Waals surface area contributed by atoms with Crippen LogP contribution in [-0.2, 0) is 0 Å². The zero-order chi connectivity index (χ0) is 12.1. The van der Waals surface area contributed by atoms with E-state index in [2.05, 4.69) is 54.9 Å². The van der Waals surface area contributed by atoms with Crippen LogP contribution >= 0.6 is 0 Å². The van der Waals surface area contributed by atoms with E-state index in [9.17, 15) is 0 Å². The van der Waals surface area contributed by atoms with E-state index in [1.165, 1.54) is 11.1 Å². The Kier molecular flexibility index (Phi) is 3.57. The van der Waals surface area contributed by atoms with Gasteiger partial charge in [0.1, 0.15) is 0 Å². The van der Waals surface area contributed by atoms with Gasteiger partial charge >= 0.3 is 0 Å². The van der Waals surface area contributed by atoms with Crippen molar-refractivity contribution in [3.05, 3.63) is 65.5 Å². The van der Waals surface area contributed by atoms with Gasteiger partial charge in [-0.25, -0.2) is 0 Å². The summed E-state index contributed by atoms with van der Waals surface area (Å²) in [5.41, 5.74) is 3.50. The van der Waals surface area contributed by atoms with Gasteiger partial charge in [0.05, 0.1) is 0 Å². The molecule has 0 bridgehead atoms. The zero-order valence-electron chi connectivity index (χ0n) is 10.1. The summed E-state index contributed by atoms with van der Waals surface area (Å²) in [4.78, 5) is 4.04. The molecule has 17 heavy (non-hydrogen) atoms. The zero-order valence-corrected chi connectivity index (χ0v) is 10.1. The van der Waals surface area contributed by atoms with Crippen LogP contribution in [-0.4, -0.2) is 4.98 Å². The van der Waals surface area contributed by atoms with E-state index in [0.29, 0.717) is 0 Å². The number of aryl methyl sites for hydroxylation is 1. The van der Waals surface area contributed by atoms with E-state index < -0.39 is 0 Å². The van der Waals surface area contributed by atoms with Gasteiger partial charge in [0.15, 0.2) is 0 Å². The van der Waals surface area contributed by atoms with Crippen molar-refractivity contribution in [2.45, 2.75) is 19.8 Å². The smallest absolute Gasteiger partial charge is 0.0428 e. The van der Waals surface area contributed by atoms with E-state index in [1.54, 1.807) is 12.4 Å². The molecule has 0 saturated heterocycles. The summed E-state index contributed by atoms with van der Waals surface area (Å²) < 4.78 is 0. The summed E-state index contributed by atoms with van der Waals surface area (Å²) in [6.45, 7) is 4.21. The van der Waals surface area contributed by atoms with Crippen molar-refractivity contribution in [3.63, 3.8) is 0 Å². The molecule has 0 fully saturated rings. The highest BCUT2D eigenvalue weighted by Crippen LogP contribution is 2.14. The Hall–Kier alpha value is -2.07. The Morgan fingerprint density at radius 3 is 2.53 bits per heavy atom. The van der Waals surface area contributed by atoms with Crippen molar-refractivity contribution in [3.8, 4) is 11.8 Å². The third-order valence-corrected chi connectivity index (χ3v) is 2.67. The van der Waals surface area contributed by atoms with Crippen LogP contribution in [0.4, 0.5) is 0 Å². The lowest BCUT2D eigenvalue weighted by atomic mass is 10.0. The number of nitrogens with zero attached hydrogens (tertiary/aromatic N) is 1. The van der Waals surface area contributed by atoms with Gasteiger partial charge in [0.25, 0.3) is 0 Å². The molecular weight excluding hydrogens is 206 g/mol. The van der Waals surface area contributed by atoms with E-state index in [-0.39, 0.29) is 5.92 Å². The molecule has 0 spiro atoms. The highest BCUT2D eigenvalue weighted by Gasteiger charge is 2.00. The first-order valence-corrected chi connectivity index (χ1v) is 5.74. The van der Waals surface area contributed by atoms with Crippen molar-refractivity contribution in [1.82, 2.24) is 4.98 Å². The average molecular weight is 221 g/mol. The largest absolute Gasteiger partial charge is 0.263 e. The van der Waals surface area contributed by atoms with Gasteiger partial charge in [-0.1, -0.05) is 41.7 Å². The summed E-state index contributed by atoms with van der Waals surface area (Å²) in [6, 6.07) is 12.4. The number of benzene rings is 1. The summed E-state index contributed by atoms with van der Waals surface area (Å²) >= 11 is 0. The molecule has 1 aromatic carbocycles. The summed E-state index contributed by atoms with van der Waals surface area (Å²) in [5.74, 6) is 6.64. The van der Waals surface area contributed by atoms with Crippen molar-refractivity contribution < 1.29 is 0 Å². The van der Waals surface area contributed by atoms with Gasteiger partial charge in [-0.05, 0) is 31.5 Å². The molecule has 0 saturated carbocycles. The lowest BCUT2D eigenvalue weighted by Gasteiger charge is -2.04. The minimum atomic E-state index is 0.246. The van der Waals surface area contributed by atoms with Crippen LogP contribution in [0.5, 0.6) is 0 Å². The molecule has 1 heterocycles. The Balaban J connectivity index is 2.15. The van der Waals surface area contributed by atoms with Crippen molar-refractivity contribution in [2.75, 3.05) is 0 Å². The molecule has 2 aromatic rings. The van der Waals surface area contributed by atoms with Crippen LogP contribution in [0, 0.1) is 18.8 Å². The van der Waals surface area contributed by atoms with Gasteiger partial charge in [-0.15, -0.1) is 0 Å². The first-order chi connectivity index (χ1) is 8.25. The molecule has 0 aliphatic heterocycles. The third-order valence-electron chi connectivity index (χ3n) is 2.67. The van der Waals surface area contributed by atoms with Gasteiger partial charge in [0.2, 0.25) is 0 Å². The predicted molar refractivity (Wildman–Crippen MR) is 70.7 cm³/mol. The third kappa shape index (κ3) is 3.19. The van der Waals surface area contributed by atoms with Crippen LogP contribution in [0.3, 0.4) is 0 Å². The van der Waals surface area contributed by atoms with Crippen molar-refractivity contribution in [2.24, 2.45) is 0 Å². The van der Waals surface area contributed by atoms with Crippen LogP contribution < -0.4 is 0 Å². The Bertz CT molecular complexity index is 529. The summed E-state index contributed by atoms with van der Waals surface area (Å²) in [7, 11) is 0. The number of hydrogen-bond donors (Lipinski definition) is 0. The maximum absolute atomic E-state index is 4.04. The summed E-state index contributed by atoms with van der Waals surface area (Å²) in [6.07, 6.45) is 3.55. The molecule has 0 unspecified atom stereocenters. The molecule has 1 aromatic heterocycles. The van der Waals surface area contributed by atoms with Gasteiger partial charge in [-0.2, -0.15) is 0 Å². The van der Waals surface area contributed by atoms with Gasteiger partial charge < -0.3 is 0 Å². The number of pyridine rings is 1.